The van der Waals surface area contributed by atoms with Crippen molar-refractivity contribution in [2.24, 2.45) is 5.92 Å². The van der Waals surface area contributed by atoms with Gasteiger partial charge in [0.15, 0.2) is 0 Å². The standard InChI is InChI=1S/C19H19ClN2O3/c1-25-17-8-7-15(20)10-16(17)22-12-14(9-18(22)23)19(24)21-11-13-5-3-2-4-6-13/h2-8,10,14H,9,11-12H2,1H3,(H,21,24). The molecule has 2 aromatic rings. The second-order valence-corrected chi connectivity index (χ2v) is 6.36. The van der Waals surface area contributed by atoms with Gasteiger partial charge in [-0.25, -0.2) is 0 Å². The van der Waals surface area contributed by atoms with Gasteiger partial charge in [-0.2, -0.15) is 0 Å². The summed E-state index contributed by atoms with van der Waals surface area (Å²) < 4.78 is 5.31. The Morgan fingerprint density at radius 2 is 2.04 bits per heavy atom. The number of carbonyl (C=O) groups is 2. The summed E-state index contributed by atoms with van der Waals surface area (Å²) >= 11 is 6.04. The van der Waals surface area contributed by atoms with Gasteiger partial charge in [-0.3, -0.25) is 9.59 Å². The number of ether oxygens (including phenoxy) is 1. The van der Waals surface area contributed by atoms with Crippen molar-refractivity contribution in [3.05, 3.63) is 59.1 Å². The third-order valence-electron chi connectivity index (χ3n) is 4.24. The first kappa shape index (κ1) is 17.3. The SMILES string of the molecule is COc1ccc(Cl)cc1N1CC(C(=O)NCc2ccccc2)CC1=O. The molecule has 2 amide bonds. The highest BCUT2D eigenvalue weighted by Gasteiger charge is 2.36. The minimum atomic E-state index is -0.389. The van der Waals surface area contributed by atoms with Crippen LogP contribution in [-0.2, 0) is 16.1 Å². The quantitative estimate of drug-likeness (QED) is 0.893. The van der Waals surface area contributed by atoms with Gasteiger partial charge in [0, 0.05) is 24.5 Å². The fraction of sp³-hybridized carbons (Fsp3) is 0.263. The molecule has 1 aliphatic rings. The van der Waals surface area contributed by atoms with Crippen LogP contribution in [0.25, 0.3) is 0 Å². The minimum Gasteiger partial charge on any atom is -0.495 e. The van der Waals surface area contributed by atoms with E-state index in [2.05, 4.69) is 5.32 Å². The van der Waals surface area contributed by atoms with Crippen molar-refractivity contribution in [1.82, 2.24) is 5.32 Å². The predicted octanol–water partition coefficient (Wildman–Crippen LogP) is 3.02. The Bertz CT molecular complexity index is 779. The van der Waals surface area contributed by atoms with Crippen molar-refractivity contribution in [2.45, 2.75) is 13.0 Å². The lowest BCUT2D eigenvalue weighted by Crippen LogP contribution is -2.32. The van der Waals surface area contributed by atoms with Gasteiger partial charge in [0.1, 0.15) is 5.75 Å². The topological polar surface area (TPSA) is 58.6 Å². The molecule has 0 aromatic heterocycles. The maximum Gasteiger partial charge on any atom is 0.227 e. The van der Waals surface area contributed by atoms with E-state index in [0.717, 1.165) is 5.56 Å². The molecule has 6 heteroatoms. The highest BCUT2D eigenvalue weighted by Crippen LogP contribution is 2.35. The summed E-state index contributed by atoms with van der Waals surface area (Å²) in [4.78, 5) is 26.4. The van der Waals surface area contributed by atoms with Crippen LogP contribution in [0.15, 0.2) is 48.5 Å². The van der Waals surface area contributed by atoms with E-state index in [9.17, 15) is 9.59 Å². The third kappa shape index (κ3) is 3.94. The summed E-state index contributed by atoms with van der Waals surface area (Å²) in [5.74, 6) is -0.0656. The lowest BCUT2D eigenvalue weighted by atomic mass is 10.1. The predicted molar refractivity (Wildman–Crippen MR) is 96.8 cm³/mol. The Hall–Kier alpha value is -2.53. The van der Waals surface area contributed by atoms with Crippen molar-refractivity contribution < 1.29 is 14.3 Å². The summed E-state index contributed by atoms with van der Waals surface area (Å²) in [5, 5.41) is 3.41. The van der Waals surface area contributed by atoms with E-state index in [1.807, 2.05) is 30.3 Å². The molecule has 2 aromatic carbocycles. The molecule has 0 spiro atoms. The van der Waals surface area contributed by atoms with Crippen LogP contribution in [-0.4, -0.2) is 25.5 Å². The maximum absolute atomic E-state index is 12.4. The number of rotatable bonds is 5. The first-order valence-electron chi connectivity index (χ1n) is 8.04. The average Bonchev–Trinajstić information content (AvgIpc) is 3.02. The van der Waals surface area contributed by atoms with Gasteiger partial charge in [0.25, 0.3) is 0 Å². The molecular weight excluding hydrogens is 340 g/mol. The zero-order valence-electron chi connectivity index (χ0n) is 13.9. The van der Waals surface area contributed by atoms with E-state index >= 15 is 0 Å². The smallest absolute Gasteiger partial charge is 0.227 e. The number of anilines is 1. The molecule has 1 saturated heterocycles. The molecule has 0 aliphatic carbocycles. The van der Waals surface area contributed by atoms with Gasteiger partial charge in [-0.05, 0) is 23.8 Å². The zero-order chi connectivity index (χ0) is 17.8. The Morgan fingerprint density at radius 3 is 2.76 bits per heavy atom. The van der Waals surface area contributed by atoms with Gasteiger partial charge < -0.3 is 15.0 Å². The highest BCUT2D eigenvalue weighted by atomic mass is 35.5. The van der Waals surface area contributed by atoms with Crippen LogP contribution in [0.2, 0.25) is 5.02 Å². The van der Waals surface area contributed by atoms with Crippen LogP contribution in [0.1, 0.15) is 12.0 Å². The van der Waals surface area contributed by atoms with Gasteiger partial charge >= 0.3 is 0 Å². The number of carbonyl (C=O) groups excluding carboxylic acids is 2. The van der Waals surface area contributed by atoms with Crippen LogP contribution in [0, 0.1) is 5.92 Å². The largest absolute Gasteiger partial charge is 0.495 e. The number of benzene rings is 2. The van der Waals surface area contributed by atoms with Crippen molar-refractivity contribution in [3.63, 3.8) is 0 Å². The first-order valence-corrected chi connectivity index (χ1v) is 8.42. The Morgan fingerprint density at radius 1 is 1.28 bits per heavy atom. The molecule has 1 heterocycles. The van der Waals surface area contributed by atoms with Gasteiger partial charge in [0.05, 0.1) is 18.7 Å². The molecule has 1 unspecified atom stereocenters. The molecule has 0 radical (unpaired) electrons. The van der Waals surface area contributed by atoms with E-state index in [4.69, 9.17) is 16.3 Å². The number of halogens is 1. The molecule has 3 rings (SSSR count). The Labute approximate surface area is 151 Å². The molecule has 1 fully saturated rings. The average molecular weight is 359 g/mol. The second kappa shape index (κ2) is 7.57. The van der Waals surface area contributed by atoms with E-state index in [0.29, 0.717) is 29.5 Å². The van der Waals surface area contributed by atoms with Gasteiger partial charge in [0.2, 0.25) is 11.8 Å². The van der Waals surface area contributed by atoms with E-state index in [-0.39, 0.29) is 24.2 Å². The molecule has 25 heavy (non-hydrogen) atoms. The first-order chi connectivity index (χ1) is 12.1. The van der Waals surface area contributed by atoms with Crippen LogP contribution in [0.4, 0.5) is 5.69 Å². The zero-order valence-corrected chi connectivity index (χ0v) is 14.6. The van der Waals surface area contributed by atoms with Crippen molar-refractivity contribution in [3.8, 4) is 5.75 Å². The maximum atomic E-state index is 12.4. The monoisotopic (exact) mass is 358 g/mol. The van der Waals surface area contributed by atoms with Crippen LogP contribution in [0.3, 0.4) is 0 Å². The molecule has 0 saturated carbocycles. The molecular formula is C19H19ClN2O3. The fourth-order valence-electron chi connectivity index (χ4n) is 2.92. The summed E-state index contributed by atoms with van der Waals surface area (Å²) in [5.41, 5.74) is 1.62. The lowest BCUT2D eigenvalue weighted by Gasteiger charge is -2.19. The van der Waals surface area contributed by atoms with Crippen molar-refractivity contribution >= 4 is 29.1 Å². The third-order valence-corrected chi connectivity index (χ3v) is 4.47. The summed E-state index contributed by atoms with van der Waals surface area (Å²) in [6, 6.07) is 14.8. The van der Waals surface area contributed by atoms with Crippen LogP contribution >= 0.6 is 11.6 Å². The van der Waals surface area contributed by atoms with E-state index in [1.165, 1.54) is 7.11 Å². The molecule has 1 N–H and O–H groups in total. The molecule has 130 valence electrons. The van der Waals surface area contributed by atoms with Gasteiger partial charge in [-0.15, -0.1) is 0 Å². The Kier molecular flexibility index (Phi) is 5.24. The minimum absolute atomic E-state index is 0.111. The number of hydrogen-bond acceptors (Lipinski definition) is 3. The number of nitrogens with one attached hydrogen (secondary N) is 1. The molecule has 0 bridgehead atoms. The number of amides is 2. The number of methoxy groups -OCH3 is 1. The number of nitrogens with zero attached hydrogens (tertiary/aromatic N) is 1. The normalized spacial score (nSPS) is 16.8. The van der Waals surface area contributed by atoms with Crippen LogP contribution in [0.5, 0.6) is 5.75 Å². The lowest BCUT2D eigenvalue weighted by molar-refractivity contribution is -0.126. The highest BCUT2D eigenvalue weighted by molar-refractivity contribution is 6.31. The number of hydrogen-bond donors (Lipinski definition) is 1. The summed E-state index contributed by atoms with van der Waals surface area (Å²) in [6.45, 7) is 0.765. The molecule has 5 nitrogen and oxygen atoms in total. The molecule has 1 aliphatic heterocycles. The summed E-state index contributed by atoms with van der Waals surface area (Å²) in [7, 11) is 1.54. The Balaban J connectivity index is 1.68. The molecule has 1 atom stereocenters. The van der Waals surface area contributed by atoms with Crippen molar-refractivity contribution in [2.75, 3.05) is 18.6 Å². The van der Waals surface area contributed by atoms with Crippen LogP contribution < -0.4 is 15.0 Å². The van der Waals surface area contributed by atoms with Gasteiger partial charge in [-0.1, -0.05) is 41.9 Å². The van der Waals surface area contributed by atoms with E-state index < -0.39 is 0 Å². The van der Waals surface area contributed by atoms with E-state index in [1.54, 1.807) is 23.1 Å². The fourth-order valence-corrected chi connectivity index (χ4v) is 3.09. The second-order valence-electron chi connectivity index (χ2n) is 5.92. The van der Waals surface area contributed by atoms with Crippen molar-refractivity contribution in [1.29, 1.82) is 0 Å². The summed E-state index contributed by atoms with van der Waals surface area (Å²) in [6.07, 6.45) is 0.177.